The van der Waals surface area contributed by atoms with Crippen molar-refractivity contribution in [3.8, 4) is 5.75 Å². The monoisotopic (exact) mass is 456 g/mol. The summed E-state index contributed by atoms with van der Waals surface area (Å²) in [7, 11) is 1.63. The summed E-state index contributed by atoms with van der Waals surface area (Å²) in [6.45, 7) is 0.692. The molecule has 0 unspecified atom stereocenters. The van der Waals surface area contributed by atoms with Crippen LogP contribution in [-0.4, -0.2) is 34.5 Å². The quantitative estimate of drug-likeness (QED) is 0.219. The van der Waals surface area contributed by atoms with E-state index in [1.54, 1.807) is 19.4 Å². The summed E-state index contributed by atoms with van der Waals surface area (Å²) < 4.78 is 7.45. The Morgan fingerprint density at radius 3 is 2.67 bits per heavy atom. The van der Waals surface area contributed by atoms with Gasteiger partial charge in [0.05, 0.1) is 30.4 Å². The van der Waals surface area contributed by atoms with E-state index in [0.29, 0.717) is 6.54 Å². The predicted octanol–water partition coefficient (Wildman–Crippen LogP) is 5.00. The van der Waals surface area contributed by atoms with E-state index in [9.17, 15) is 4.79 Å². The van der Waals surface area contributed by atoms with E-state index in [2.05, 4.69) is 27.2 Å². The molecule has 0 atom stereocenters. The van der Waals surface area contributed by atoms with Crippen molar-refractivity contribution in [2.75, 3.05) is 12.9 Å². The lowest BCUT2D eigenvalue weighted by molar-refractivity contribution is -0.118. The number of benzene rings is 3. The van der Waals surface area contributed by atoms with Crippen molar-refractivity contribution >= 4 is 41.0 Å². The van der Waals surface area contributed by atoms with Crippen LogP contribution in [0.2, 0.25) is 0 Å². The van der Waals surface area contributed by atoms with Crippen LogP contribution in [0.4, 0.5) is 0 Å². The summed E-state index contributed by atoms with van der Waals surface area (Å²) in [5.74, 6) is 0.798. The van der Waals surface area contributed by atoms with Gasteiger partial charge >= 0.3 is 0 Å². The summed E-state index contributed by atoms with van der Waals surface area (Å²) in [5.41, 5.74) is 6.63. The summed E-state index contributed by atoms with van der Waals surface area (Å²) in [6.07, 6.45) is 5.17. The number of carbonyl (C=O) groups excluding carboxylic acids is 1. The number of ether oxygens (including phenoxy) is 1. The smallest absolute Gasteiger partial charge is 0.250 e. The number of thioether (sulfide) groups is 1. The number of allylic oxidation sites excluding steroid dienone is 1. The van der Waals surface area contributed by atoms with Crippen LogP contribution in [0.15, 0.2) is 95.2 Å². The summed E-state index contributed by atoms with van der Waals surface area (Å²) in [4.78, 5) is 17.0. The van der Waals surface area contributed by atoms with Gasteiger partial charge in [0, 0.05) is 11.8 Å². The fourth-order valence-electron chi connectivity index (χ4n) is 3.35. The molecule has 0 bridgehead atoms. The van der Waals surface area contributed by atoms with Crippen molar-refractivity contribution in [1.29, 1.82) is 0 Å². The molecule has 4 aromatic rings. The number of para-hydroxylation sites is 3. The molecule has 3 aromatic carbocycles. The topological polar surface area (TPSA) is 68.5 Å². The van der Waals surface area contributed by atoms with E-state index in [-0.39, 0.29) is 11.7 Å². The first-order valence-electron chi connectivity index (χ1n) is 10.5. The average Bonchev–Trinajstić information content (AvgIpc) is 3.20. The molecule has 0 radical (unpaired) electrons. The number of carbonyl (C=O) groups is 1. The highest BCUT2D eigenvalue weighted by atomic mass is 32.2. The SMILES string of the molecule is COc1ccccc1/C=C/C=N/NC(=O)CSc1nc2ccccc2n1Cc1ccccc1. The standard InChI is InChI=1S/C26H24N4O2S/c1-32-24-16-8-5-12-21(24)13-9-17-27-29-25(31)19-33-26-28-22-14-6-7-15-23(22)30(26)18-20-10-3-2-4-11-20/h2-17H,18-19H2,1H3,(H,29,31)/b13-9+,27-17+. The predicted molar refractivity (Wildman–Crippen MR) is 135 cm³/mol. The number of hydrogen-bond acceptors (Lipinski definition) is 5. The third kappa shape index (κ3) is 5.90. The van der Waals surface area contributed by atoms with Crippen LogP contribution in [0.5, 0.6) is 5.75 Å². The number of methoxy groups -OCH3 is 1. The van der Waals surface area contributed by atoms with Gasteiger partial charge in [-0.3, -0.25) is 4.79 Å². The summed E-state index contributed by atoms with van der Waals surface area (Å²) in [6, 6.07) is 25.9. The lowest BCUT2D eigenvalue weighted by atomic mass is 10.2. The Balaban J connectivity index is 1.37. The Morgan fingerprint density at radius 1 is 1.06 bits per heavy atom. The maximum absolute atomic E-state index is 12.3. The normalized spacial score (nSPS) is 11.4. The zero-order valence-corrected chi connectivity index (χ0v) is 19.0. The number of nitrogens with one attached hydrogen (secondary N) is 1. The first-order valence-corrected chi connectivity index (χ1v) is 11.5. The zero-order valence-electron chi connectivity index (χ0n) is 18.2. The number of nitrogens with zero attached hydrogens (tertiary/aromatic N) is 3. The van der Waals surface area contributed by atoms with Gasteiger partial charge in [-0.15, -0.1) is 0 Å². The maximum Gasteiger partial charge on any atom is 0.250 e. The van der Waals surface area contributed by atoms with Gasteiger partial charge in [-0.2, -0.15) is 5.10 Å². The third-order valence-corrected chi connectivity index (χ3v) is 5.88. The molecule has 0 aliphatic rings. The second-order valence-electron chi connectivity index (χ2n) is 7.16. The molecule has 1 amide bonds. The van der Waals surface area contributed by atoms with Gasteiger partial charge in [0.2, 0.25) is 0 Å². The highest BCUT2D eigenvalue weighted by Crippen LogP contribution is 2.25. The molecule has 166 valence electrons. The van der Waals surface area contributed by atoms with Gasteiger partial charge in [0.15, 0.2) is 5.16 Å². The molecule has 0 fully saturated rings. The van der Waals surface area contributed by atoms with Crippen LogP contribution in [0.1, 0.15) is 11.1 Å². The molecule has 0 saturated heterocycles. The minimum Gasteiger partial charge on any atom is -0.496 e. The van der Waals surface area contributed by atoms with Crippen LogP contribution in [0.3, 0.4) is 0 Å². The number of hydrazone groups is 1. The molecule has 1 aromatic heterocycles. The van der Waals surface area contributed by atoms with Crippen LogP contribution in [-0.2, 0) is 11.3 Å². The van der Waals surface area contributed by atoms with E-state index >= 15 is 0 Å². The zero-order chi connectivity index (χ0) is 22.9. The van der Waals surface area contributed by atoms with Crippen LogP contribution in [0.25, 0.3) is 17.1 Å². The Bertz CT molecular complexity index is 1280. The molecule has 33 heavy (non-hydrogen) atoms. The maximum atomic E-state index is 12.3. The minimum atomic E-state index is -0.194. The molecule has 1 heterocycles. The van der Waals surface area contributed by atoms with Crippen LogP contribution < -0.4 is 10.2 Å². The molecule has 4 rings (SSSR count). The van der Waals surface area contributed by atoms with Crippen LogP contribution in [0, 0.1) is 0 Å². The van der Waals surface area contributed by atoms with Crippen molar-refractivity contribution in [1.82, 2.24) is 15.0 Å². The van der Waals surface area contributed by atoms with Gasteiger partial charge in [0.25, 0.3) is 5.91 Å². The molecule has 1 N–H and O–H groups in total. The van der Waals surface area contributed by atoms with E-state index in [0.717, 1.165) is 27.5 Å². The fourth-order valence-corrected chi connectivity index (χ4v) is 4.15. The van der Waals surface area contributed by atoms with E-state index in [4.69, 9.17) is 9.72 Å². The fraction of sp³-hybridized carbons (Fsp3) is 0.115. The van der Waals surface area contributed by atoms with Crippen molar-refractivity contribution in [3.63, 3.8) is 0 Å². The van der Waals surface area contributed by atoms with Gasteiger partial charge in [-0.1, -0.05) is 72.4 Å². The number of aromatic nitrogens is 2. The van der Waals surface area contributed by atoms with Crippen LogP contribution >= 0.6 is 11.8 Å². The van der Waals surface area contributed by atoms with Crippen molar-refractivity contribution < 1.29 is 9.53 Å². The number of hydrogen-bond donors (Lipinski definition) is 1. The number of rotatable bonds is 9. The molecular formula is C26H24N4O2S. The van der Waals surface area contributed by atoms with E-state index < -0.39 is 0 Å². The highest BCUT2D eigenvalue weighted by Gasteiger charge is 2.13. The first-order chi connectivity index (χ1) is 16.2. The van der Waals surface area contributed by atoms with Gasteiger partial charge in [-0.05, 0) is 35.9 Å². The third-order valence-electron chi connectivity index (χ3n) is 4.90. The number of amides is 1. The minimum absolute atomic E-state index is 0.194. The number of fused-ring (bicyclic) bond motifs is 1. The second kappa shape index (κ2) is 11.2. The molecule has 0 aliphatic carbocycles. The highest BCUT2D eigenvalue weighted by molar-refractivity contribution is 7.99. The van der Waals surface area contributed by atoms with Gasteiger partial charge < -0.3 is 9.30 Å². The van der Waals surface area contributed by atoms with Gasteiger partial charge in [0.1, 0.15) is 5.75 Å². The Hall–Kier alpha value is -3.84. The number of imidazole rings is 1. The average molecular weight is 457 g/mol. The first kappa shape index (κ1) is 22.4. The Labute approximate surface area is 197 Å². The molecule has 6 nitrogen and oxygen atoms in total. The van der Waals surface area contributed by atoms with Crippen molar-refractivity contribution in [2.24, 2.45) is 5.10 Å². The van der Waals surface area contributed by atoms with Crippen molar-refractivity contribution in [2.45, 2.75) is 11.7 Å². The second-order valence-corrected chi connectivity index (χ2v) is 8.10. The summed E-state index contributed by atoms with van der Waals surface area (Å²) in [5, 5.41) is 4.80. The molecule has 0 spiro atoms. The van der Waals surface area contributed by atoms with Crippen molar-refractivity contribution in [3.05, 3.63) is 96.1 Å². The lowest BCUT2D eigenvalue weighted by Gasteiger charge is -2.09. The van der Waals surface area contributed by atoms with E-state index in [1.807, 2.05) is 72.8 Å². The van der Waals surface area contributed by atoms with E-state index in [1.165, 1.54) is 17.3 Å². The Kier molecular flexibility index (Phi) is 7.56. The lowest BCUT2D eigenvalue weighted by Crippen LogP contribution is -2.19. The molecule has 0 aliphatic heterocycles. The largest absolute Gasteiger partial charge is 0.496 e. The Morgan fingerprint density at radius 2 is 1.82 bits per heavy atom. The molecular weight excluding hydrogens is 432 g/mol. The molecule has 0 saturated carbocycles. The molecule has 7 heteroatoms. The van der Waals surface area contributed by atoms with Gasteiger partial charge in [-0.25, -0.2) is 10.4 Å². The summed E-state index contributed by atoms with van der Waals surface area (Å²) >= 11 is 1.40.